The number of anilines is 1. The van der Waals surface area contributed by atoms with Crippen molar-refractivity contribution >= 4 is 29.1 Å². The largest absolute Gasteiger partial charge is 0.497 e. The zero-order valence-corrected chi connectivity index (χ0v) is 24.2. The number of fused-ring (bicyclic) bond motifs is 5. The van der Waals surface area contributed by atoms with Crippen LogP contribution in [0.5, 0.6) is 17.2 Å². The highest BCUT2D eigenvalue weighted by atomic mass is 19.1. The lowest BCUT2D eigenvalue weighted by molar-refractivity contribution is 0.0664. The number of Topliss-reactive ketones (excluding diaryl/α,β-unsaturated/α-hetero) is 3. The first-order valence-corrected chi connectivity index (χ1v) is 14.2. The molecule has 1 aliphatic carbocycles. The zero-order valence-electron chi connectivity index (χ0n) is 24.2. The van der Waals surface area contributed by atoms with E-state index in [1.807, 2.05) is 4.90 Å². The highest BCUT2D eigenvalue weighted by molar-refractivity contribution is 6.32. The number of hydrogen-bond acceptors (Lipinski definition) is 7. The summed E-state index contributed by atoms with van der Waals surface area (Å²) >= 11 is 0. The third-order valence-corrected chi connectivity index (χ3v) is 9.18. The number of halogens is 1. The Balaban J connectivity index is 1.55. The van der Waals surface area contributed by atoms with Crippen molar-refractivity contribution in [2.45, 2.75) is 18.0 Å². The fraction of sp³-hybridized carbons (Fsp3) is 0.194. The quantitative estimate of drug-likeness (QED) is 0.197. The van der Waals surface area contributed by atoms with Gasteiger partial charge >= 0.3 is 0 Å². The van der Waals surface area contributed by atoms with E-state index in [0.29, 0.717) is 50.8 Å². The van der Waals surface area contributed by atoms with Crippen LogP contribution < -0.4 is 19.1 Å². The second-order valence-corrected chi connectivity index (χ2v) is 11.1. The lowest BCUT2D eigenvalue weighted by atomic mass is 9.64. The number of nitrogens with zero attached hydrogens (tertiary/aromatic N) is 1. The SMILES string of the molecule is COc1ccc(C(=O)C2C(c3ccc(OC)cc3OC)C3(C(=O)c4ccccc4C3=O)C3C=Cc4cc(F)ccc4N23)cc1. The topological polar surface area (TPSA) is 82.1 Å². The Hall–Kier alpha value is -5.24. The van der Waals surface area contributed by atoms with Crippen molar-refractivity contribution in [3.63, 3.8) is 0 Å². The molecule has 1 saturated heterocycles. The molecule has 0 saturated carbocycles. The molecule has 3 aliphatic rings. The van der Waals surface area contributed by atoms with E-state index >= 15 is 0 Å². The molecule has 7 nitrogen and oxygen atoms in total. The number of methoxy groups -OCH3 is 3. The molecule has 0 aromatic heterocycles. The van der Waals surface area contributed by atoms with E-state index in [4.69, 9.17) is 14.2 Å². The Morgan fingerprint density at radius 1 is 0.795 bits per heavy atom. The summed E-state index contributed by atoms with van der Waals surface area (Å²) in [5.41, 5.74) is 0.884. The van der Waals surface area contributed by atoms with Crippen LogP contribution in [-0.4, -0.2) is 50.8 Å². The number of carbonyl (C=O) groups is 3. The maximum atomic E-state index is 14.8. The van der Waals surface area contributed by atoms with Gasteiger partial charge in [0.25, 0.3) is 0 Å². The van der Waals surface area contributed by atoms with Crippen LogP contribution in [0.4, 0.5) is 10.1 Å². The van der Waals surface area contributed by atoms with Gasteiger partial charge in [-0.3, -0.25) is 14.4 Å². The average molecular weight is 590 g/mol. The molecule has 44 heavy (non-hydrogen) atoms. The molecule has 0 amide bonds. The van der Waals surface area contributed by atoms with Gasteiger partial charge in [0, 0.05) is 45.5 Å². The van der Waals surface area contributed by atoms with E-state index in [2.05, 4.69) is 0 Å². The van der Waals surface area contributed by atoms with Gasteiger partial charge < -0.3 is 19.1 Å². The zero-order chi connectivity index (χ0) is 30.7. The van der Waals surface area contributed by atoms with Gasteiger partial charge in [-0.25, -0.2) is 4.39 Å². The molecule has 4 aromatic rings. The van der Waals surface area contributed by atoms with E-state index < -0.39 is 29.2 Å². The highest BCUT2D eigenvalue weighted by Gasteiger charge is 2.72. The first-order valence-electron chi connectivity index (χ1n) is 14.2. The van der Waals surface area contributed by atoms with Gasteiger partial charge in [-0.1, -0.05) is 42.5 Å². The summed E-state index contributed by atoms with van der Waals surface area (Å²) in [6.45, 7) is 0. The third-order valence-electron chi connectivity index (χ3n) is 9.18. The van der Waals surface area contributed by atoms with E-state index in [0.717, 1.165) is 0 Å². The maximum absolute atomic E-state index is 14.8. The Morgan fingerprint density at radius 3 is 2.09 bits per heavy atom. The summed E-state index contributed by atoms with van der Waals surface area (Å²) in [4.78, 5) is 46.3. The van der Waals surface area contributed by atoms with Crippen molar-refractivity contribution in [3.05, 3.63) is 125 Å². The fourth-order valence-corrected chi connectivity index (χ4v) is 7.29. The van der Waals surface area contributed by atoms with Crippen molar-refractivity contribution in [2.24, 2.45) is 5.41 Å². The van der Waals surface area contributed by atoms with Crippen LogP contribution in [0.2, 0.25) is 0 Å². The molecule has 4 aromatic carbocycles. The third kappa shape index (κ3) is 3.70. The van der Waals surface area contributed by atoms with E-state index in [1.165, 1.54) is 26.4 Å². The van der Waals surface area contributed by atoms with E-state index in [-0.39, 0.29) is 17.3 Å². The molecule has 3 atom stereocenters. The summed E-state index contributed by atoms with van der Waals surface area (Å²) in [5, 5.41) is 0. The number of ether oxygens (including phenoxy) is 3. The molecule has 3 unspecified atom stereocenters. The Kier molecular flexibility index (Phi) is 6.39. The van der Waals surface area contributed by atoms with Gasteiger partial charge in [0.2, 0.25) is 0 Å². The van der Waals surface area contributed by atoms with Crippen molar-refractivity contribution in [2.75, 3.05) is 26.2 Å². The van der Waals surface area contributed by atoms with Crippen molar-refractivity contribution < 1.29 is 33.0 Å². The summed E-state index contributed by atoms with van der Waals surface area (Å²) < 4.78 is 31.1. The number of benzene rings is 4. The van der Waals surface area contributed by atoms with Crippen LogP contribution in [0, 0.1) is 11.2 Å². The average Bonchev–Trinajstić information content (AvgIpc) is 3.49. The predicted octanol–water partition coefficient (Wildman–Crippen LogP) is 6.17. The minimum Gasteiger partial charge on any atom is -0.497 e. The van der Waals surface area contributed by atoms with Gasteiger partial charge in [0.15, 0.2) is 17.3 Å². The van der Waals surface area contributed by atoms with Crippen LogP contribution in [0.15, 0.2) is 91.0 Å². The smallest absolute Gasteiger partial charge is 0.185 e. The standard InChI is InChI=1S/C36H28FNO6/c1-42-23-12-8-20(9-13-23)33(39)32-31(27-15-14-24(43-2)19-29(27)44-3)36(34(40)25-6-4-5-7-26(25)35(36)41)30-17-10-21-18-22(37)11-16-28(21)38(30)32/h4-19,30-32H,1-3H3. The van der Waals surface area contributed by atoms with Crippen LogP contribution in [-0.2, 0) is 0 Å². The van der Waals surface area contributed by atoms with Crippen molar-refractivity contribution in [1.82, 2.24) is 0 Å². The van der Waals surface area contributed by atoms with Gasteiger partial charge in [-0.05, 0) is 48.5 Å². The number of hydrogen-bond donors (Lipinski definition) is 0. The molecule has 2 heterocycles. The fourth-order valence-electron chi connectivity index (χ4n) is 7.29. The molecule has 2 aliphatic heterocycles. The number of carbonyl (C=O) groups excluding carboxylic acids is 3. The van der Waals surface area contributed by atoms with Crippen molar-refractivity contribution in [1.29, 1.82) is 0 Å². The van der Waals surface area contributed by atoms with Gasteiger partial charge in [-0.2, -0.15) is 0 Å². The highest BCUT2D eigenvalue weighted by Crippen LogP contribution is 2.62. The normalized spacial score (nSPS) is 20.7. The molecule has 0 radical (unpaired) electrons. The van der Waals surface area contributed by atoms with Gasteiger partial charge in [0.1, 0.15) is 34.5 Å². The van der Waals surface area contributed by atoms with Crippen LogP contribution in [0.25, 0.3) is 6.08 Å². The Labute approximate surface area is 253 Å². The lowest BCUT2D eigenvalue weighted by Gasteiger charge is -2.37. The van der Waals surface area contributed by atoms with Crippen LogP contribution in [0.3, 0.4) is 0 Å². The first kappa shape index (κ1) is 27.6. The first-order chi connectivity index (χ1) is 21.3. The molecule has 1 fully saturated rings. The Bertz CT molecular complexity index is 1850. The lowest BCUT2D eigenvalue weighted by Crippen LogP contribution is -2.48. The predicted molar refractivity (Wildman–Crippen MR) is 163 cm³/mol. The minimum atomic E-state index is -1.72. The van der Waals surface area contributed by atoms with E-state index in [9.17, 15) is 18.8 Å². The number of ketones is 3. The summed E-state index contributed by atoms with van der Waals surface area (Å²) in [6, 6.07) is 21.1. The second kappa shape index (κ2) is 10.2. The van der Waals surface area contributed by atoms with Gasteiger partial charge in [0.05, 0.1) is 27.4 Å². The molecule has 1 spiro atoms. The molecule has 7 rings (SSSR count). The van der Waals surface area contributed by atoms with Crippen LogP contribution >= 0.6 is 0 Å². The van der Waals surface area contributed by atoms with Gasteiger partial charge in [-0.15, -0.1) is 0 Å². The summed E-state index contributed by atoms with van der Waals surface area (Å²) in [5.74, 6) is -0.993. The minimum absolute atomic E-state index is 0.306. The monoisotopic (exact) mass is 589 g/mol. The summed E-state index contributed by atoms with van der Waals surface area (Å²) in [6.07, 6.45) is 3.49. The Morgan fingerprint density at radius 2 is 1.45 bits per heavy atom. The van der Waals surface area contributed by atoms with Crippen LogP contribution in [0.1, 0.15) is 48.1 Å². The molecule has 0 N–H and O–H groups in total. The molecule has 8 heteroatoms. The molecular formula is C36H28FNO6. The number of rotatable bonds is 6. The second-order valence-electron chi connectivity index (χ2n) is 11.1. The van der Waals surface area contributed by atoms with Crippen molar-refractivity contribution in [3.8, 4) is 17.2 Å². The summed E-state index contributed by atoms with van der Waals surface area (Å²) in [7, 11) is 4.57. The van der Waals surface area contributed by atoms with E-state index in [1.54, 1.807) is 92.1 Å². The molecule has 0 bridgehead atoms. The maximum Gasteiger partial charge on any atom is 0.185 e. The molecular weight excluding hydrogens is 561 g/mol. The molecule has 220 valence electrons.